The third kappa shape index (κ3) is 4.86. The van der Waals surface area contributed by atoms with Crippen molar-refractivity contribution in [3.05, 3.63) is 77.5 Å². The summed E-state index contributed by atoms with van der Waals surface area (Å²) in [7, 11) is 1.63. The highest BCUT2D eigenvalue weighted by molar-refractivity contribution is 5.93. The number of anilines is 2. The SMILES string of the molecule is COC1CN(C(=O)c2ccc(Nc3ccc4c(c3)ncn4-c3ccc(C(C)O)c(-n4nc(C#N)cc4C)n3)nn2)C1. The number of imidazole rings is 1. The Balaban J connectivity index is 1.24. The van der Waals surface area contributed by atoms with Crippen LogP contribution in [-0.2, 0) is 4.74 Å². The predicted molar refractivity (Wildman–Crippen MR) is 148 cm³/mol. The summed E-state index contributed by atoms with van der Waals surface area (Å²) in [5.74, 6) is 1.33. The number of aliphatic hydroxyl groups is 1. The van der Waals surface area contributed by atoms with E-state index in [2.05, 4.69) is 25.6 Å². The molecule has 4 aromatic heterocycles. The molecule has 41 heavy (non-hydrogen) atoms. The van der Waals surface area contributed by atoms with E-state index in [4.69, 9.17) is 9.72 Å². The van der Waals surface area contributed by atoms with Crippen molar-refractivity contribution in [3.8, 4) is 17.7 Å². The molecule has 0 radical (unpaired) electrons. The lowest BCUT2D eigenvalue weighted by atomic mass is 10.1. The molecule has 1 aliphatic heterocycles. The topological polar surface area (TPSA) is 160 Å². The summed E-state index contributed by atoms with van der Waals surface area (Å²) >= 11 is 0. The Kier molecular flexibility index (Phi) is 6.62. The lowest BCUT2D eigenvalue weighted by molar-refractivity contribution is -0.0195. The van der Waals surface area contributed by atoms with Crippen LogP contribution in [0, 0.1) is 18.3 Å². The van der Waals surface area contributed by atoms with Crippen molar-refractivity contribution in [1.29, 1.82) is 5.26 Å². The molecule has 1 amide bonds. The lowest BCUT2D eigenvalue weighted by Crippen LogP contribution is -2.54. The van der Waals surface area contributed by atoms with Gasteiger partial charge >= 0.3 is 0 Å². The van der Waals surface area contributed by atoms with E-state index in [1.54, 1.807) is 60.3 Å². The van der Waals surface area contributed by atoms with Gasteiger partial charge < -0.3 is 20.1 Å². The van der Waals surface area contributed by atoms with Crippen LogP contribution in [-0.4, -0.2) is 76.7 Å². The van der Waals surface area contributed by atoms with Crippen LogP contribution >= 0.6 is 0 Å². The molecule has 2 N–H and O–H groups in total. The van der Waals surface area contributed by atoms with Crippen molar-refractivity contribution in [2.24, 2.45) is 0 Å². The predicted octanol–water partition coefficient (Wildman–Crippen LogP) is 2.84. The standard InChI is InChI=1S/C28H26N10O3/c1-16-10-19(12-29)35-38(16)27-21(17(2)39)5-9-26(32-27)37-15-30-23-11-18(4-7-24(23)37)31-25-8-6-22(33-34-25)28(40)36-13-20(14-36)41-3/h4-11,15,17,20,39H,13-14H2,1-3H3,(H,31,34). The quantitative estimate of drug-likeness (QED) is 0.308. The van der Waals surface area contributed by atoms with Gasteiger partial charge in [-0.1, -0.05) is 0 Å². The van der Waals surface area contributed by atoms with Gasteiger partial charge in [-0.15, -0.1) is 10.2 Å². The average molecular weight is 551 g/mol. The normalized spacial score (nSPS) is 14.1. The van der Waals surface area contributed by atoms with Crippen LogP contribution in [0.15, 0.2) is 54.9 Å². The van der Waals surface area contributed by atoms with E-state index in [0.29, 0.717) is 41.6 Å². The highest BCUT2D eigenvalue weighted by Gasteiger charge is 2.31. The zero-order chi connectivity index (χ0) is 28.7. The van der Waals surface area contributed by atoms with Gasteiger partial charge in [0.05, 0.1) is 23.2 Å². The van der Waals surface area contributed by atoms with E-state index in [9.17, 15) is 15.2 Å². The number of likely N-dealkylation sites (tertiary alicyclic amines) is 1. The molecule has 0 bridgehead atoms. The first kappa shape index (κ1) is 26.1. The van der Waals surface area contributed by atoms with E-state index in [1.165, 1.54) is 0 Å². The van der Waals surface area contributed by atoms with Crippen molar-refractivity contribution >= 4 is 28.4 Å². The van der Waals surface area contributed by atoms with Crippen molar-refractivity contribution in [2.45, 2.75) is 26.1 Å². The van der Waals surface area contributed by atoms with Crippen LogP contribution in [0.2, 0.25) is 0 Å². The molecular formula is C28H26N10O3. The molecule has 13 nitrogen and oxygen atoms in total. The van der Waals surface area contributed by atoms with Gasteiger partial charge in [-0.2, -0.15) is 10.4 Å². The number of hydrogen-bond donors (Lipinski definition) is 2. The van der Waals surface area contributed by atoms with Crippen molar-refractivity contribution in [2.75, 3.05) is 25.5 Å². The Morgan fingerprint density at radius 3 is 2.68 bits per heavy atom. The number of methoxy groups -OCH3 is 1. The lowest BCUT2D eigenvalue weighted by Gasteiger charge is -2.37. The molecule has 0 aliphatic carbocycles. The smallest absolute Gasteiger partial charge is 0.274 e. The minimum atomic E-state index is -0.789. The maximum absolute atomic E-state index is 12.5. The summed E-state index contributed by atoms with van der Waals surface area (Å²) in [6.07, 6.45) is 0.956. The summed E-state index contributed by atoms with van der Waals surface area (Å²) < 4.78 is 8.61. The summed E-state index contributed by atoms with van der Waals surface area (Å²) in [6, 6.07) is 16.3. The number of hydrogen-bond acceptors (Lipinski definition) is 10. The van der Waals surface area contributed by atoms with Crippen LogP contribution in [0.25, 0.3) is 22.7 Å². The number of amides is 1. The van der Waals surface area contributed by atoms with Crippen LogP contribution < -0.4 is 5.32 Å². The third-order valence-electron chi connectivity index (χ3n) is 6.96. The molecule has 13 heteroatoms. The second-order valence-electron chi connectivity index (χ2n) is 9.77. The number of carbonyl (C=O) groups excluding carboxylic acids is 1. The highest BCUT2D eigenvalue weighted by atomic mass is 16.5. The van der Waals surface area contributed by atoms with E-state index < -0.39 is 6.10 Å². The minimum Gasteiger partial charge on any atom is -0.389 e. The summed E-state index contributed by atoms with van der Waals surface area (Å²) in [6.45, 7) is 4.59. The van der Waals surface area contributed by atoms with Gasteiger partial charge in [-0.3, -0.25) is 9.36 Å². The molecule has 0 saturated carbocycles. The number of aliphatic hydroxyl groups excluding tert-OH is 1. The zero-order valence-electron chi connectivity index (χ0n) is 22.6. The first-order chi connectivity index (χ1) is 19.8. The zero-order valence-corrected chi connectivity index (χ0v) is 22.6. The second kappa shape index (κ2) is 10.4. The van der Waals surface area contributed by atoms with Crippen molar-refractivity contribution in [3.63, 3.8) is 0 Å². The second-order valence-corrected chi connectivity index (χ2v) is 9.77. The number of aromatic nitrogens is 7. The fourth-order valence-corrected chi connectivity index (χ4v) is 4.67. The van der Waals surface area contributed by atoms with Crippen LogP contribution in [0.4, 0.5) is 11.5 Å². The Morgan fingerprint density at radius 2 is 2.00 bits per heavy atom. The maximum Gasteiger partial charge on any atom is 0.274 e. The number of aryl methyl sites for hydroxylation is 1. The van der Waals surface area contributed by atoms with E-state index in [-0.39, 0.29) is 23.4 Å². The van der Waals surface area contributed by atoms with E-state index >= 15 is 0 Å². The fraction of sp³-hybridized carbons (Fsp3) is 0.250. The molecule has 1 atom stereocenters. The fourth-order valence-electron chi connectivity index (χ4n) is 4.67. The van der Waals surface area contributed by atoms with Crippen LogP contribution in [0.5, 0.6) is 0 Å². The monoisotopic (exact) mass is 550 g/mol. The van der Waals surface area contributed by atoms with E-state index in [1.807, 2.05) is 35.8 Å². The first-order valence-corrected chi connectivity index (χ1v) is 12.9. The molecule has 6 rings (SSSR count). The number of rotatable bonds is 7. The van der Waals surface area contributed by atoms with Gasteiger partial charge in [0.1, 0.15) is 18.2 Å². The number of nitrogens with one attached hydrogen (secondary N) is 1. The van der Waals surface area contributed by atoms with Crippen LogP contribution in [0.3, 0.4) is 0 Å². The van der Waals surface area contributed by atoms with Crippen molar-refractivity contribution in [1.82, 2.24) is 39.4 Å². The van der Waals surface area contributed by atoms with E-state index in [0.717, 1.165) is 16.9 Å². The molecule has 1 aromatic carbocycles. The number of nitriles is 1. The molecule has 1 saturated heterocycles. The Bertz CT molecular complexity index is 1800. The Labute approximate surface area is 234 Å². The van der Waals surface area contributed by atoms with Gasteiger partial charge in [0.15, 0.2) is 23.0 Å². The number of carbonyl (C=O) groups is 1. The Hall–Kier alpha value is -5.19. The third-order valence-corrected chi connectivity index (χ3v) is 6.96. The van der Waals surface area contributed by atoms with Crippen LogP contribution in [0.1, 0.15) is 40.5 Å². The molecule has 5 heterocycles. The van der Waals surface area contributed by atoms with Crippen molar-refractivity contribution < 1.29 is 14.6 Å². The minimum absolute atomic E-state index is 0.0749. The number of pyridine rings is 1. The molecule has 1 fully saturated rings. The molecule has 5 aromatic rings. The number of benzene rings is 1. The van der Waals surface area contributed by atoms with Gasteiger partial charge in [0.25, 0.3) is 5.91 Å². The first-order valence-electron chi connectivity index (χ1n) is 12.9. The summed E-state index contributed by atoms with van der Waals surface area (Å²) in [5.41, 5.74) is 4.12. The average Bonchev–Trinajstić information content (AvgIpc) is 3.55. The number of ether oxygens (including phenoxy) is 1. The molecular weight excluding hydrogens is 524 g/mol. The Morgan fingerprint density at radius 1 is 1.17 bits per heavy atom. The largest absolute Gasteiger partial charge is 0.389 e. The van der Waals surface area contributed by atoms with Gasteiger partial charge in [-0.25, -0.2) is 14.6 Å². The summed E-state index contributed by atoms with van der Waals surface area (Å²) in [4.78, 5) is 23.5. The van der Waals surface area contributed by atoms with Gasteiger partial charge in [0, 0.05) is 37.1 Å². The molecule has 1 aliphatic rings. The molecule has 0 spiro atoms. The highest BCUT2D eigenvalue weighted by Crippen LogP contribution is 2.26. The number of nitrogens with zero attached hydrogens (tertiary/aromatic N) is 9. The number of fused-ring (bicyclic) bond motifs is 1. The molecule has 206 valence electrons. The maximum atomic E-state index is 12.5. The summed E-state index contributed by atoms with van der Waals surface area (Å²) in [5, 5.41) is 35.4. The van der Waals surface area contributed by atoms with Gasteiger partial charge in [-0.05, 0) is 62.4 Å². The molecule has 1 unspecified atom stereocenters. The van der Waals surface area contributed by atoms with Gasteiger partial charge in [0.2, 0.25) is 0 Å².